The molecule has 0 aliphatic rings. The SMILES string of the molecule is Cc1ccc(-c2nc3cc(N=Cc4ccc(-c5ccc(Cl)cc5Cl)o4)ccc3o2)cc1. The van der Waals surface area contributed by atoms with Gasteiger partial charge in [0.25, 0.3) is 0 Å². The van der Waals surface area contributed by atoms with Crippen molar-refractivity contribution >= 4 is 46.2 Å². The van der Waals surface area contributed by atoms with E-state index in [0.717, 1.165) is 22.3 Å². The third-order valence-corrected chi connectivity index (χ3v) is 5.38. The molecule has 152 valence electrons. The lowest BCUT2D eigenvalue weighted by Gasteiger charge is -2.00. The van der Waals surface area contributed by atoms with Crippen LogP contribution < -0.4 is 0 Å². The van der Waals surface area contributed by atoms with E-state index in [0.29, 0.717) is 33.0 Å². The van der Waals surface area contributed by atoms with Gasteiger partial charge in [0.15, 0.2) is 5.58 Å². The molecule has 31 heavy (non-hydrogen) atoms. The topological polar surface area (TPSA) is 51.5 Å². The molecule has 0 bridgehead atoms. The summed E-state index contributed by atoms with van der Waals surface area (Å²) < 4.78 is 11.7. The molecule has 2 aromatic heterocycles. The molecule has 6 heteroatoms. The average molecular weight is 447 g/mol. The first-order valence-corrected chi connectivity index (χ1v) is 10.4. The Kier molecular flexibility index (Phi) is 5.10. The van der Waals surface area contributed by atoms with Crippen molar-refractivity contribution in [2.75, 3.05) is 0 Å². The van der Waals surface area contributed by atoms with Gasteiger partial charge in [-0.2, -0.15) is 0 Å². The van der Waals surface area contributed by atoms with Gasteiger partial charge in [-0.1, -0.05) is 40.9 Å². The van der Waals surface area contributed by atoms with Crippen LogP contribution in [0.4, 0.5) is 5.69 Å². The highest BCUT2D eigenvalue weighted by molar-refractivity contribution is 6.36. The van der Waals surface area contributed by atoms with E-state index in [9.17, 15) is 0 Å². The number of aliphatic imine (C=N–C) groups is 1. The van der Waals surface area contributed by atoms with Gasteiger partial charge in [0.2, 0.25) is 5.89 Å². The third kappa shape index (κ3) is 4.13. The zero-order valence-corrected chi connectivity index (χ0v) is 18.0. The molecule has 0 aliphatic heterocycles. The van der Waals surface area contributed by atoms with Gasteiger partial charge in [0.1, 0.15) is 17.0 Å². The maximum atomic E-state index is 6.26. The first kappa shape index (κ1) is 19.6. The zero-order chi connectivity index (χ0) is 21.4. The van der Waals surface area contributed by atoms with Crippen LogP contribution in [-0.2, 0) is 0 Å². The quantitative estimate of drug-likeness (QED) is 0.262. The summed E-state index contributed by atoms with van der Waals surface area (Å²) in [6.45, 7) is 2.05. The highest BCUT2D eigenvalue weighted by atomic mass is 35.5. The first-order chi connectivity index (χ1) is 15.0. The molecule has 3 aromatic carbocycles. The fourth-order valence-corrected chi connectivity index (χ4v) is 3.71. The molecule has 0 fully saturated rings. The highest BCUT2D eigenvalue weighted by Gasteiger charge is 2.10. The second-order valence-electron chi connectivity index (χ2n) is 7.12. The van der Waals surface area contributed by atoms with Gasteiger partial charge in [0, 0.05) is 16.1 Å². The normalized spacial score (nSPS) is 11.6. The molecule has 0 radical (unpaired) electrons. The van der Waals surface area contributed by atoms with E-state index in [-0.39, 0.29) is 0 Å². The Hall–Kier alpha value is -3.34. The van der Waals surface area contributed by atoms with Crippen LogP contribution in [0.15, 0.2) is 86.6 Å². The van der Waals surface area contributed by atoms with Crippen molar-refractivity contribution in [1.82, 2.24) is 4.98 Å². The molecule has 2 heterocycles. The molecule has 0 saturated heterocycles. The van der Waals surface area contributed by atoms with E-state index >= 15 is 0 Å². The number of aromatic nitrogens is 1. The molecule has 5 aromatic rings. The standard InChI is InChI=1S/C25H16Cl2N2O2/c1-15-2-4-16(5-3-15)25-29-22-13-18(7-10-24(22)31-25)28-14-19-8-11-23(30-19)20-9-6-17(26)12-21(20)27/h2-14H,1H3. The lowest BCUT2D eigenvalue weighted by atomic mass is 10.1. The van der Waals surface area contributed by atoms with Crippen LogP contribution in [0.1, 0.15) is 11.3 Å². The molecule has 0 unspecified atom stereocenters. The summed E-state index contributed by atoms with van der Waals surface area (Å²) in [4.78, 5) is 9.11. The van der Waals surface area contributed by atoms with Crippen molar-refractivity contribution in [3.05, 3.63) is 94.2 Å². The van der Waals surface area contributed by atoms with Crippen molar-refractivity contribution in [3.63, 3.8) is 0 Å². The molecule has 4 nitrogen and oxygen atoms in total. The Balaban J connectivity index is 1.39. The molecule has 5 rings (SSSR count). The average Bonchev–Trinajstić information content (AvgIpc) is 3.39. The Morgan fingerprint density at radius 3 is 2.52 bits per heavy atom. The first-order valence-electron chi connectivity index (χ1n) is 9.62. The molecule has 0 atom stereocenters. The van der Waals surface area contributed by atoms with Crippen molar-refractivity contribution in [1.29, 1.82) is 0 Å². The van der Waals surface area contributed by atoms with Crippen LogP contribution in [0.3, 0.4) is 0 Å². The lowest BCUT2D eigenvalue weighted by Crippen LogP contribution is -1.78. The third-order valence-electron chi connectivity index (χ3n) is 4.83. The Morgan fingerprint density at radius 2 is 1.71 bits per heavy atom. The number of halogens is 2. The summed E-state index contributed by atoms with van der Waals surface area (Å²) in [5, 5.41) is 1.11. The van der Waals surface area contributed by atoms with Crippen LogP contribution in [0.25, 0.3) is 33.9 Å². The molecule has 0 aliphatic carbocycles. The minimum absolute atomic E-state index is 0.534. The number of nitrogens with zero attached hydrogens (tertiary/aromatic N) is 2. The van der Waals surface area contributed by atoms with E-state index in [1.807, 2.05) is 67.6 Å². The molecule has 0 amide bonds. The van der Waals surface area contributed by atoms with Crippen molar-refractivity contribution < 1.29 is 8.83 Å². The number of rotatable bonds is 4. The molecular weight excluding hydrogens is 431 g/mol. The van der Waals surface area contributed by atoms with Gasteiger partial charge in [-0.25, -0.2) is 4.98 Å². The maximum Gasteiger partial charge on any atom is 0.227 e. The van der Waals surface area contributed by atoms with E-state index in [1.54, 1.807) is 18.3 Å². The molecule has 0 spiro atoms. The smallest absolute Gasteiger partial charge is 0.227 e. The van der Waals surface area contributed by atoms with Gasteiger partial charge in [-0.3, -0.25) is 4.99 Å². The Morgan fingerprint density at radius 1 is 0.871 bits per heavy atom. The van der Waals surface area contributed by atoms with Gasteiger partial charge in [-0.05, 0) is 67.6 Å². The van der Waals surface area contributed by atoms with Crippen LogP contribution in [0.5, 0.6) is 0 Å². The Labute approximate surface area is 188 Å². The van der Waals surface area contributed by atoms with Gasteiger partial charge in [-0.15, -0.1) is 0 Å². The number of benzene rings is 3. The molecule has 0 N–H and O–H groups in total. The minimum atomic E-state index is 0.534. The fourth-order valence-electron chi connectivity index (χ4n) is 3.21. The van der Waals surface area contributed by atoms with Gasteiger partial charge in [0.05, 0.1) is 16.9 Å². The summed E-state index contributed by atoms with van der Waals surface area (Å²) in [5.41, 5.74) is 5.12. The fraction of sp³-hybridized carbons (Fsp3) is 0.0400. The second kappa shape index (κ2) is 8.06. The maximum absolute atomic E-state index is 6.26. The highest BCUT2D eigenvalue weighted by Crippen LogP contribution is 2.32. The summed E-state index contributed by atoms with van der Waals surface area (Å²) in [7, 11) is 0. The van der Waals surface area contributed by atoms with E-state index in [2.05, 4.69) is 9.98 Å². The monoisotopic (exact) mass is 446 g/mol. The predicted molar refractivity (Wildman–Crippen MR) is 126 cm³/mol. The number of hydrogen-bond acceptors (Lipinski definition) is 4. The van der Waals surface area contributed by atoms with Crippen LogP contribution in [0.2, 0.25) is 10.0 Å². The lowest BCUT2D eigenvalue weighted by molar-refractivity contribution is 0.575. The van der Waals surface area contributed by atoms with Crippen LogP contribution >= 0.6 is 23.2 Å². The predicted octanol–water partition coefficient (Wildman–Crippen LogP) is 8.12. The van der Waals surface area contributed by atoms with Gasteiger partial charge < -0.3 is 8.83 Å². The van der Waals surface area contributed by atoms with Crippen molar-refractivity contribution in [2.45, 2.75) is 6.92 Å². The van der Waals surface area contributed by atoms with Crippen LogP contribution in [0, 0.1) is 6.92 Å². The number of fused-ring (bicyclic) bond motifs is 1. The largest absolute Gasteiger partial charge is 0.455 e. The summed E-state index contributed by atoms with van der Waals surface area (Å²) in [6.07, 6.45) is 1.66. The van der Waals surface area contributed by atoms with Crippen molar-refractivity contribution in [3.8, 4) is 22.8 Å². The number of hydrogen-bond donors (Lipinski definition) is 0. The van der Waals surface area contributed by atoms with E-state index < -0.39 is 0 Å². The molecular formula is C25H16Cl2N2O2. The van der Waals surface area contributed by atoms with E-state index in [1.165, 1.54) is 5.56 Å². The number of oxazole rings is 1. The minimum Gasteiger partial charge on any atom is -0.455 e. The Bertz CT molecular complexity index is 1420. The van der Waals surface area contributed by atoms with Crippen LogP contribution in [-0.4, -0.2) is 11.2 Å². The molecule has 0 saturated carbocycles. The number of furan rings is 1. The number of aryl methyl sites for hydroxylation is 1. The van der Waals surface area contributed by atoms with Gasteiger partial charge >= 0.3 is 0 Å². The van der Waals surface area contributed by atoms with E-state index in [4.69, 9.17) is 32.0 Å². The zero-order valence-electron chi connectivity index (χ0n) is 16.5. The summed E-state index contributed by atoms with van der Waals surface area (Å²) in [5.74, 6) is 1.85. The second-order valence-corrected chi connectivity index (χ2v) is 7.97. The van der Waals surface area contributed by atoms with Crippen molar-refractivity contribution in [2.24, 2.45) is 4.99 Å². The summed E-state index contributed by atoms with van der Waals surface area (Å²) in [6, 6.07) is 22.7. The summed E-state index contributed by atoms with van der Waals surface area (Å²) >= 11 is 12.2.